The number of nitrogens with one attached hydrogen (secondary N) is 1. The molecule has 0 aliphatic carbocycles. The molecular weight excluding hydrogens is 348 g/mol. The van der Waals surface area contributed by atoms with Crippen molar-refractivity contribution >= 4 is 11.0 Å². The van der Waals surface area contributed by atoms with Crippen molar-refractivity contribution in [3.8, 4) is 22.8 Å². The minimum atomic E-state index is -0.352. The molecular formula is C20H13F2N5. The van der Waals surface area contributed by atoms with Crippen molar-refractivity contribution < 1.29 is 8.78 Å². The minimum absolute atomic E-state index is 0.306. The van der Waals surface area contributed by atoms with E-state index in [2.05, 4.69) is 19.9 Å². The van der Waals surface area contributed by atoms with Crippen molar-refractivity contribution in [3.05, 3.63) is 78.4 Å². The van der Waals surface area contributed by atoms with Gasteiger partial charge in [-0.1, -0.05) is 12.1 Å². The van der Waals surface area contributed by atoms with Crippen molar-refractivity contribution in [1.29, 1.82) is 0 Å². The first kappa shape index (κ1) is 15.6. The number of nitrogens with zero attached hydrogens (tertiary/aromatic N) is 4. The van der Waals surface area contributed by atoms with Gasteiger partial charge in [0.05, 0.1) is 28.8 Å². The van der Waals surface area contributed by atoms with Gasteiger partial charge < -0.3 is 9.55 Å². The molecule has 132 valence electrons. The van der Waals surface area contributed by atoms with E-state index in [1.807, 2.05) is 23.0 Å². The van der Waals surface area contributed by atoms with Crippen LogP contribution in [-0.4, -0.2) is 24.5 Å². The van der Waals surface area contributed by atoms with E-state index in [9.17, 15) is 8.78 Å². The van der Waals surface area contributed by atoms with E-state index in [1.54, 1.807) is 24.3 Å². The van der Waals surface area contributed by atoms with E-state index in [4.69, 9.17) is 0 Å². The number of aromatic amines is 1. The number of rotatable bonds is 3. The standard InChI is InChI=1S/C20H13F2N5/c21-12-5-6-15-17(9-12)24-19(23-15)11-27-8-7-16-18(10-27)26-20(25-16)13-3-1-2-4-14(13)22/h1-10H,11H2,(H,23,24). The Hall–Kier alpha value is -3.61. The van der Waals surface area contributed by atoms with Gasteiger partial charge in [0.1, 0.15) is 23.2 Å². The van der Waals surface area contributed by atoms with E-state index in [1.165, 1.54) is 18.2 Å². The average Bonchev–Trinajstić information content (AvgIpc) is 3.24. The lowest BCUT2D eigenvalue weighted by atomic mass is 10.2. The number of pyridine rings is 1. The Bertz CT molecular complexity index is 1240. The number of H-pyrrole nitrogens is 1. The average molecular weight is 361 g/mol. The van der Waals surface area contributed by atoms with Crippen molar-refractivity contribution in [2.45, 2.75) is 6.54 Å². The number of hydrogen-bond donors (Lipinski definition) is 1. The molecule has 0 spiro atoms. The molecule has 5 rings (SSSR count). The summed E-state index contributed by atoms with van der Waals surface area (Å²) in [4.78, 5) is 16.4. The van der Waals surface area contributed by atoms with Crippen LogP contribution in [0.15, 0.2) is 60.9 Å². The lowest BCUT2D eigenvalue weighted by molar-refractivity contribution is 0.629. The highest BCUT2D eigenvalue weighted by Crippen LogP contribution is 2.26. The van der Waals surface area contributed by atoms with Crippen LogP contribution in [0.4, 0.5) is 8.78 Å². The molecule has 1 aromatic heterocycles. The maximum Gasteiger partial charge on any atom is 0.163 e. The van der Waals surface area contributed by atoms with E-state index in [0.29, 0.717) is 46.2 Å². The van der Waals surface area contributed by atoms with Crippen LogP contribution in [0.2, 0.25) is 0 Å². The predicted octanol–water partition coefficient (Wildman–Crippen LogP) is 4.25. The summed E-state index contributed by atoms with van der Waals surface area (Å²) in [6.45, 7) is 0.466. The number of hydrogen-bond acceptors (Lipinski definition) is 3. The second-order valence-electron chi connectivity index (χ2n) is 6.26. The number of halogens is 2. The lowest BCUT2D eigenvalue weighted by Gasteiger charge is -2.05. The summed E-state index contributed by atoms with van der Waals surface area (Å²) in [5.74, 6) is 0.406. The Morgan fingerprint density at radius 3 is 2.67 bits per heavy atom. The molecule has 0 amide bonds. The van der Waals surface area contributed by atoms with Crippen LogP contribution in [0.25, 0.3) is 33.8 Å². The number of imidazole rings is 2. The zero-order valence-electron chi connectivity index (χ0n) is 14.0. The Balaban J connectivity index is 1.49. The molecule has 0 unspecified atom stereocenters. The molecule has 0 fully saturated rings. The van der Waals surface area contributed by atoms with Gasteiger partial charge >= 0.3 is 0 Å². The van der Waals surface area contributed by atoms with Gasteiger partial charge in [-0.2, -0.15) is 0 Å². The number of aromatic nitrogens is 5. The van der Waals surface area contributed by atoms with E-state index in [0.717, 1.165) is 0 Å². The number of fused-ring (bicyclic) bond motifs is 2. The number of benzene rings is 2. The molecule has 0 radical (unpaired) electrons. The second-order valence-corrected chi connectivity index (χ2v) is 6.26. The Morgan fingerprint density at radius 1 is 0.926 bits per heavy atom. The summed E-state index contributed by atoms with van der Waals surface area (Å²) in [6, 6.07) is 12.7. The molecule has 0 saturated heterocycles. The van der Waals surface area contributed by atoms with Gasteiger partial charge in [-0.25, -0.2) is 23.7 Å². The normalized spacial score (nSPS) is 11.5. The van der Waals surface area contributed by atoms with Gasteiger partial charge in [-0.15, -0.1) is 0 Å². The molecule has 0 bridgehead atoms. The van der Waals surface area contributed by atoms with Gasteiger partial charge in [0.25, 0.3) is 0 Å². The monoisotopic (exact) mass is 361 g/mol. The molecule has 3 aromatic rings. The van der Waals surface area contributed by atoms with Crippen LogP contribution in [-0.2, 0) is 6.54 Å². The van der Waals surface area contributed by atoms with Crippen LogP contribution in [0.1, 0.15) is 5.82 Å². The summed E-state index contributed by atoms with van der Waals surface area (Å²) < 4.78 is 29.2. The van der Waals surface area contributed by atoms with Gasteiger partial charge in [0, 0.05) is 12.4 Å². The molecule has 5 nitrogen and oxygen atoms in total. The highest BCUT2D eigenvalue weighted by Gasteiger charge is 2.15. The topological polar surface area (TPSA) is 59.4 Å². The summed E-state index contributed by atoms with van der Waals surface area (Å²) in [6.07, 6.45) is 3.69. The van der Waals surface area contributed by atoms with Gasteiger partial charge in [-0.3, -0.25) is 0 Å². The summed E-state index contributed by atoms with van der Waals surface area (Å²) in [7, 11) is 0. The molecule has 27 heavy (non-hydrogen) atoms. The molecule has 7 heteroatoms. The van der Waals surface area contributed by atoms with E-state index < -0.39 is 0 Å². The maximum absolute atomic E-state index is 14.0. The van der Waals surface area contributed by atoms with Crippen LogP contribution in [0.5, 0.6) is 0 Å². The van der Waals surface area contributed by atoms with Crippen LogP contribution >= 0.6 is 0 Å². The van der Waals surface area contributed by atoms with Crippen LogP contribution < -0.4 is 0 Å². The zero-order chi connectivity index (χ0) is 18.4. The third-order valence-electron chi connectivity index (χ3n) is 4.37. The van der Waals surface area contributed by atoms with Gasteiger partial charge in [0.15, 0.2) is 5.82 Å². The van der Waals surface area contributed by atoms with Crippen LogP contribution in [0.3, 0.4) is 0 Å². The van der Waals surface area contributed by atoms with Crippen molar-refractivity contribution in [2.75, 3.05) is 0 Å². The fourth-order valence-electron chi connectivity index (χ4n) is 3.10. The molecule has 0 saturated carbocycles. The fourth-order valence-corrected chi connectivity index (χ4v) is 3.10. The Morgan fingerprint density at radius 2 is 1.78 bits per heavy atom. The quantitative estimate of drug-likeness (QED) is 0.523. The Labute approximate surface area is 152 Å². The SMILES string of the molecule is Fc1ccc2nc(Cn3ccc4nc(-c5ccccc5F)nc-4c3)[nH]c2c1. The van der Waals surface area contributed by atoms with Crippen LogP contribution in [0, 0.1) is 11.6 Å². The second kappa shape index (κ2) is 5.98. The zero-order valence-corrected chi connectivity index (χ0v) is 14.0. The van der Waals surface area contributed by atoms with E-state index >= 15 is 0 Å². The Kier molecular flexibility index (Phi) is 3.46. The highest BCUT2D eigenvalue weighted by molar-refractivity contribution is 5.75. The highest BCUT2D eigenvalue weighted by atomic mass is 19.1. The first-order valence-electron chi connectivity index (χ1n) is 8.38. The predicted molar refractivity (Wildman–Crippen MR) is 97.2 cm³/mol. The lowest BCUT2D eigenvalue weighted by Crippen LogP contribution is -2.02. The largest absolute Gasteiger partial charge is 0.344 e. The van der Waals surface area contributed by atoms with Gasteiger partial charge in [-0.05, 0) is 36.4 Å². The summed E-state index contributed by atoms with van der Waals surface area (Å²) >= 11 is 0. The van der Waals surface area contributed by atoms with E-state index in [-0.39, 0.29) is 11.6 Å². The maximum atomic E-state index is 14.0. The van der Waals surface area contributed by atoms with Crippen molar-refractivity contribution in [2.24, 2.45) is 0 Å². The molecule has 3 heterocycles. The third-order valence-corrected chi connectivity index (χ3v) is 4.37. The summed E-state index contributed by atoms with van der Waals surface area (Å²) in [5.41, 5.74) is 3.10. The molecule has 0 atom stereocenters. The molecule has 2 aliphatic heterocycles. The van der Waals surface area contributed by atoms with Gasteiger partial charge in [0.2, 0.25) is 0 Å². The first-order chi connectivity index (χ1) is 13.2. The third kappa shape index (κ3) is 2.83. The molecule has 2 aromatic carbocycles. The molecule has 2 aliphatic rings. The molecule has 1 N–H and O–H groups in total. The van der Waals surface area contributed by atoms with Crippen molar-refractivity contribution in [3.63, 3.8) is 0 Å². The minimum Gasteiger partial charge on any atom is -0.344 e. The fraction of sp³-hybridized carbons (Fsp3) is 0.0500. The first-order valence-corrected chi connectivity index (χ1v) is 8.38. The summed E-state index contributed by atoms with van der Waals surface area (Å²) in [5, 5.41) is 0. The van der Waals surface area contributed by atoms with Crippen molar-refractivity contribution in [1.82, 2.24) is 24.5 Å². The smallest absolute Gasteiger partial charge is 0.163 e.